The molecule has 1 aliphatic heterocycles. The predicted octanol–water partition coefficient (Wildman–Crippen LogP) is 0.758. The zero-order valence-corrected chi connectivity index (χ0v) is 7.64. The molecule has 2 rings (SSSR count). The second-order valence-electron chi connectivity index (χ2n) is 3.29. The number of carboxylic acid groups (broad SMARTS) is 1. The Hall–Kier alpha value is -1.59. The highest BCUT2D eigenvalue weighted by Gasteiger charge is 2.23. The van der Waals surface area contributed by atoms with Gasteiger partial charge in [0, 0.05) is 13.1 Å². The molecular formula is C8H11N3O3. The number of rotatable bonds is 2. The van der Waals surface area contributed by atoms with Crippen LogP contribution >= 0.6 is 0 Å². The SMILES string of the molecule is O=C(O)c1nonc1N1CCCCC1. The largest absolute Gasteiger partial charge is 0.476 e. The standard InChI is InChI=1S/C8H11N3O3/c12-8(13)6-7(10-14-9-6)11-4-2-1-3-5-11/h1-5H2,(H,12,13). The van der Waals surface area contributed by atoms with E-state index in [2.05, 4.69) is 14.9 Å². The predicted molar refractivity (Wildman–Crippen MR) is 47.3 cm³/mol. The zero-order chi connectivity index (χ0) is 9.97. The summed E-state index contributed by atoms with van der Waals surface area (Å²) >= 11 is 0. The summed E-state index contributed by atoms with van der Waals surface area (Å²) in [4.78, 5) is 12.6. The Labute approximate surface area is 80.5 Å². The Kier molecular flexibility index (Phi) is 2.34. The Morgan fingerprint density at radius 2 is 2.00 bits per heavy atom. The number of piperidine rings is 1. The highest BCUT2D eigenvalue weighted by Crippen LogP contribution is 2.20. The van der Waals surface area contributed by atoms with Crippen molar-refractivity contribution in [3.8, 4) is 0 Å². The molecule has 0 unspecified atom stereocenters. The Morgan fingerprint density at radius 1 is 1.29 bits per heavy atom. The van der Waals surface area contributed by atoms with Crippen LogP contribution in [0.15, 0.2) is 4.63 Å². The summed E-state index contributed by atoms with van der Waals surface area (Å²) in [5.74, 6) is -0.732. The van der Waals surface area contributed by atoms with E-state index in [9.17, 15) is 4.79 Å². The first kappa shape index (κ1) is 8.98. The van der Waals surface area contributed by atoms with Gasteiger partial charge in [0.05, 0.1) is 0 Å². The van der Waals surface area contributed by atoms with Crippen molar-refractivity contribution in [2.24, 2.45) is 0 Å². The summed E-state index contributed by atoms with van der Waals surface area (Å²) < 4.78 is 4.44. The lowest BCUT2D eigenvalue weighted by atomic mass is 10.1. The number of hydrogen-bond acceptors (Lipinski definition) is 5. The molecule has 0 amide bonds. The molecule has 1 N–H and O–H groups in total. The Bertz CT molecular complexity index is 330. The zero-order valence-electron chi connectivity index (χ0n) is 7.64. The first-order chi connectivity index (χ1) is 6.79. The van der Waals surface area contributed by atoms with Crippen LogP contribution in [0.25, 0.3) is 0 Å². The molecule has 0 saturated carbocycles. The number of hydrogen-bond donors (Lipinski definition) is 1. The maximum absolute atomic E-state index is 10.7. The Balaban J connectivity index is 2.21. The van der Waals surface area contributed by atoms with Crippen molar-refractivity contribution in [1.29, 1.82) is 0 Å². The van der Waals surface area contributed by atoms with E-state index in [1.165, 1.54) is 6.42 Å². The summed E-state index contributed by atoms with van der Waals surface area (Å²) in [5, 5.41) is 15.8. The number of carboxylic acids is 1. The fraction of sp³-hybridized carbons (Fsp3) is 0.625. The van der Waals surface area contributed by atoms with Gasteiger partial charge >= 0.3 is 5.97 Å². The molecule has 0 radical (unpaired) electrons. The number of nitrogens with zero attached hydrogens (tertiary/aromatic N) is 3. The van der Waals surface area contributed by atoms with Crippen LogP contribution in [0.3, 0.4) is 0 Å². The lowest BCUT2D eigenvalue weighted by Crippen LogP contribution is -2.30. The molecular weight excluding hydrogens is 186 g/mol. The van der Waals surface area contributed by atoms with Crippen LogP contribution in [0.1, 0.15) is 29.8 Å². The van der Waals surface area contributed by atoms with Crippen molar-refractivity contribution in [2.75, 3.05) is 18.0 Å². The molecule has 0 bridgehead atoms. The molecule has 6 nitrogen and oxygen atoms in total. The minimum atomic E-state index is -1.09. The van der Waals surface area contributed by atoms with Crippen molar-refractivity contribution < 1.29 is 14.5 Å². The molecule has 0 spiro atoms. The average molecular weight is 197 g/mol. The van der Waals surface area contributed by atoms with Crippen molar-refractivity contribution in [3.05, 3.63) is 5.69 Å². The number of carbonyl (C=O) groups is 1. The van der Waals surface area contributed by atoms with Gasteiger partial charge in [0.1, 0.15) is 0 Å². The smallest absolute Gasteiger partial charge is 0.362 e. The lowest BCUT2D eigenvalue weighted by molar-refractivity contribution is 0.0685. The molecule has 1 aliphatic rings. The molecule has 0 aliphatic carbocycles. The van der Waals surface area contributed by atoms with Gasteiger partial charge in [0.25, 0.3) is 0 Å². The average Bonchev–Trinajstić information content (AvgIpc) is 2.67. The van der Waals surface area contributed by atoms with E-state index >= 15 is 0 Å². The third-order valence-corrected chi connectivity index (χ3v) is 2.33. The molecule has 0 aromatic carbocycles. The van der Waals surface area contributed by atoms with Crippen LogP contribution in [0.5, 0.6) is 0 Å². The van der Waals surface area contributed by atoms with E-state index in [0.717, 1.165) is 25.9 Å². The van der Waals surface area contributed by atoms with Gasteiger partial charge in [-0.3, -0.25) is 0 Å². The highest BCUT2D eigenvalue weighted by molar-refractivity contribution is 5.90. The number of anilines is 1. The monoisotopic (exact) mass is 197 g/mol. The van der Waals surface area contributed by atoms with Crippen molar-refractivity contribution in [1.82, 2.24) is 10.3 Å². The molecule has 1 saturated heterocycles. The fourth-order valence-corrected chi connectivity index (χ4v) is 1.63. The van der Waals surface area contributed by atoms with E-state index in [1.807, 2.05) is 4.90 Å². The molecule has 1 aromatic rings. The van der Waals surface area contributed by atoms with Crippen molar-refractivity contribution in [3.63, 3.8) is 0 Å². The van der Waals surface area contributed by atoms with Crippen LogP contribution in [-0.4, -0.2) is 34.5 Å². The first-order valence-corrected chi connectivity index (χ1v) is 4.60. The molecule has 0 atom stereocenters. The molecule has 6 heteroatoms. The van der Waals surface area contributed by atoms with Gasteiger partial charge in [0.15, 0.2) is 0 Å². The van der Waals surface area contributed by atoms with E-state index in [1.54, 1.807) is 0 Å². The quantitative estimate of drug-likeness (QED) is 0.753. The first-order valence-electron chi connectivity index (χ1n) is 4.60. The van der Waals surface area contributed by atoms with Gasteiger partial charge in [-0.15, -0.1) is 0 Å². The van der Waals surface area contributed by atoms with E-state index < -0.39 is 5.97 Å². The second-order valence-corrected chi connectivity index (χ2v) is 3.29. The molecule has 76 valence electrons. The molecule has 1 aromatic heterocycles. The maximum Gasteiger partial charge on any atom is 0.362 e. The fourth-order valence-electron chi connectivity index (χ4n) is 1.63. The summed E-state index contributed by atoms with van der Waals surface area (Å²) in [6, 6.07) is 0. The lowest BCUT2D eigenvalue weighted by Gasteiger charge is -2.25. The van der Waals surface area contributed by atoms with Crippen LogP contribution in [0.4, 0.5) is 5.82 Å². The van der Waals surface area contributed by atoms with Gasteiger partial charge in [-0.2, -0.15) is 0 Å². The van der Waals surface area contributed by atoms with Gasteiger partial charge in [0.2, 0.25) is 11.5 Å². The van der Waals surface area contributed by atoms with Crippen LogP contribution in [0.2, 0.25) is 0 Å². The minimum absolute atomic E-state index is 0.0908. The minimum Gasteiger partial charge on any atom is -0.476 e. The molecule has 14 heavy (non-hydrogen) atoms. The number of aromatic carboxylic acids is 1. The third-order valence-electron chi connectivity index (χ3n) is 2.33. The van der Waals surface area contributed by atoms with Gasteiger partial charge in [-0.1, -0.05) is 0 Å². The van der Waals surface area contributed by atoms with E-state index in [0.29, 0.717) is 5.82 Å². The summed E-state index contributed by atoms with van der Waals surface area (Å²) in [6.45, 7) is 1.66. The molecule has 1 fully saturated rings. The van der Waals surface area contributed by atoms with E-state index in [-0.39, 0.29) is 5.69 Å². The maximum atomic E-state index is 10.7. The Morgan fingerprint density at radius 3 is 2.64 bits per heavy atom. The van der Waals surface area contributed by atoms with E-state index in [4.69, 9.17) is 5.11 Å². The van der Waals surface area contributed by atoms with Crippen molar-refractivity contribution in [2.45, 2.75) is 19.3 Å². The van der Waals surface area contributed by atoms with Crippen LogP contribution in [-0.2, 0) is 0 Å². The van der Waals surface area contributed by atoms with Gasteiger partial charge in [-0.05, 0) is 29.6 Å². The summed E-state index contributed by atoms with van der Waals surface area (Å²) in [6.07, 6.45) is 3.31. The van der Waals surface area contributed by atoms with Gasteiger partial charge in [-0.25, -0.2) is 9.42 Å². The second kappa shape index (κ2) is 3.65. The highest BCUT2D eigenvalue weighted by atomic mass is 16.6. The van der Waals surface area contributed by atoms with Crippen LogP contribution in [0, 0.1) is 0 Å². The molecule has 2 heterocycles. The summed E-state index contributed by atoms with van der Waals surface area (Å²) in [5.41, 5.74) is -0.0908. The van der Waals surface area contributed by atoms with Crippen molar-refractivity contribution >= 4 is 11.8 Å². The topological polar surface area (TPSA) is 79.5 Å². The number of aromatic nitrogens is 2. The van der Waals surface area contributed by atoms with Crippen LogP contribution < -0.4 is 4.90 Å². The normalized spacial score (nSPS) is 17.0. The van der Waals surface area contributed by atoms with Gasteiger partial charge < -0.3 is 10.0 Å². The summed E-state index contributed by atoms with van der Waals surface area (Å²) in [7, 11) is 0. The third kappa shape index (κ3) is 1.55.